The molecule has 3 rings (SSSR count). The maximum absolute atomic E-state index is 13.9. The minimum atomic E-state index is -4.78. The summed E-state index contributed by atoms with van der Waals surface area (Å²) >= 11 is 0. The number of aryl methyl sites for hydroxylation is 1. The van der Waals surface area contributed by atoms with Crippen LogP contribution in [0.4, 0.5) is 13.2 Å². The molecule has 0 saturated heterocycles. The fourth-order valence-corrected chi connectivity index (χ4v) is 3.14. The van der Waals surface area contributed by atoms with E-state index in [4.69, 9.17) is 0 Å². The summed E-state index contributed by atoms with van der Waals surface area (Å²) in [4.78, 5) is 33.7. The van der Waals surface area contributed by atoms with Crippen molar-refractivity contribution in [3.05, 3.63) is 57.0 Å². The summed E-state index contributed by atoms with van der Waals surface area (Å²) in [5, 5.41) is -0.577. The van der Waals surface area contributed by atoms with Gasteiger partial charge in [-0.05, 0) is 31.0 Å². The van der Waals surface area contributed by atoms with E-state index in [0.717, 1.165) is 15.2 Å². The van der Waals surface area contributed by atoms with Gasteiger partial charge in [-0.2, -0.15) is 13.2 Å². The molecule has 148 valence electrons. The molecule has 6 nitrogen and oxygen atoms in total. The third-order valence-electron chi connectivity index (χ3n) is 4.35. The summed E-state index contributed by atoms with van der Waals surface area (Å²) in [5.41, 5.74) is -2.51. The van der Waals surface area contributed by atoms with Gasteiger partial charge in [-0.15, -0.1) is 0 Å². The third-order valence-corrected chi connectivity index (χ3v) is 4.35. The normalized spacial score (nSPS) is 11.9. The van der Waals surface area contributed by atoms with Crippen molar-refractivity contribution in [1.82, 2.24) is 19.1 Å². The first-order valence-electron chi connectivity index (χ1n) is 8.95. The summed E-state index contributed by atoms with van der Waals surface area (Å²) in [7, 11) is 0. The number of hydrogen-bond acceptors (Lipinski definition) is 4. The maximum atomic E-state index is 13.9. The summed E-state index contributed by atoms with van der Waals surface area (Å²) in [6.07, 6.45) is -0.960. The third kappa shape index (κ3) is 3.44. The Morgan fingerprint density at radius 2 is 1.61 bits per heavy atom. The first kappa shape index (κ1) is 19.8. The van der Waals surface area contributed by atoms with Gasteiger partial charge in [0.05, 0.1) is 16.6 Å². The standard InChI is InChI=1S/C19H19F3N4O2/c1-3-9-25-16-15(17(27)26(10-4-2)18(25)28)13(19(20,21)22)11-14(24-16)12-5-7-23-8-6-12/h5-8,11H,3-4,9-10H2,1-2H3. The van der Waals surface area contributed by atoms with Crippen molar-refractivity contribution >= 4 is 11.0 Å². The average Bonchev–Trinajstić information content (AvgIpc) is 2.67. The second-order valence-electron chi connectivity index (χ2n) is 6.38. The van der Waals surface area contributed by atoms with Gasteiger partial charge in [0.25, 0.3) is 5.56 Å². The highest BCUT2D eigenvalue weighted by Crippen LogP contribution is 2.35. The van der Waals surface area contributed by atoms with E-state index in [1.165, 1.54) is 24.5 Å². The van der Waals surface area contributed by atoms with Crippen LogP contribution < -0.4 is 11.2 Å². The fraction of sp³-hybridized carbons (Fsp3) is 0.368. The number of alkyl halides is 3. The second kappa shape index (κ2) is 7.57. The van der Waals surface area contributed by atoms with Gasteiger partial charge in [-0.1, -0.05) is 13.8 Å². The van der Waals surface area contributed by atoms with Crippen molar-refractivity contribution in [2.24, 2.45) is 0 Å². The summed E-state index contributed by atoms with van der Waals surface area (Å²) in [5.74, 6) is 0. The highest BCUT2D eigenvalue weighted by molar-refractivity contribution is 5.82. The van der Waals surface area contributed by atoms with Crippen LogP contribution in [0.5, 0.6) is 0 Å². The van der Waals surface area contributed by atoms with Gasteiger partial charge in [-0.25, -0.2) is 9.78 Å². The Balaban J connectivity index is 2.52. The van der Waals surface area contributed by atoms with Crippen molar-refractivity contribution in [3.8, 4) is 11.3 Å². The number of halogens is 3. The van der Waals surface area contributed by atoms with Crippen LogP contribution in [0.2, 0.25) is 0 Å². The van der Waals surface area contributed by atoms with E-state index < -0.39 is 28.4 Å². The molecule has 28 heavy (non-hydrogen) atoms. The summed E-state index contributed by atoms with van der Waals surface area (Å²) in [6, 6.07) is 3.90. The van der Waals surface area contributed by atoms with E-state index in [1.54, 1.807) is 13.8 Å². The lowest BCUT2D eigenvalue weighted by Gasteiger charge is -2.17. The van der Waals surface area contributed by atoms with Crippen molar-refractivity contribution < 1.29 is 13.2 Å². The highest BCUT2D eigenvalue weighted by Gasteiger charge is 2.36. The molecule has 3 aromatic heterocycles. The van der Waals surface area contributed by atoms with Crippen LogP contribution in [-0.4, -0.2) is 19.1 Å². The first-order chi connectivity index (χ1) is 13.3. The minimum absolute atomic E-state index is 0.0270. The molecule has 0 aliphatic heterocycles. The molecule has 0 bridgehead atoms. The molecule has 9 heteroatoms. The predicted octanol–water partition coefficient (Wildman–Crippen LogP) is 3.46. The Hall–Kier alpha value is -2.97. The van der Waals surface area contributed by atoms with E-state index in [2.05, 4.69) is 9.97 Å². The van der Waals surface area contributed by atoms with E-state index in [-0.39, 0.29) is 24.4 Å². The van der Waals surface area contributed by atoms with Crippen LogP contribution in [0, 0.1) is 0 Å². The zero-order valence-corrected chi connectivity index (χ0v) is 15.5. The zero-order chi connectivity index (χ0) is 20.5. The second-order valence-corrected chi connectivity index (χ2v) is 6.38. The van der Waals surface area contributed by atoms with Gasteiger partial charge >= 0.3 is 11.9 Å². The van der Waals surface area contributed by atoms with Gasteiger partial charge in [0, 0.05) is 31.0 Å². The van der Waals surface area contributed by atoms with Crippen LogP contribution in [-0.2, 0) is 19.3 Å². The Labute approximate surface area is 158 Å². The van der Waals surface area contributed by atoms with Crippen LogP contribution in [0.3, 0.4) is 0 Å². The van der Waals surface area contributed by atoms with E-state index in [1.807, 2.05) is 0 Å². The Bertz CT molecular complexity index is 1120. The Kier molecular flexibility index (Phi) is 5.35. The molecule has 3 heterocycles. The van der Waals surface area contributed by atoms with Gasteiger partial charge in [0.2, 0.25) is 0 Å². The molecule has 0 spiro atoms. The van der Waals surface area contributed by atoms with E-state index >= 15 is 0 Å². The monoisotopic (exact) mass is 392 g/mol. The van der Waals surface area contributed by atoms with Crippen LogP contribution >= 0.6 is 0 Å². The number of nitrogens with zero attached hydrogens (tertiary/aromatic N) is 4. The molecule has 0 aliphatic carbocycles. The molecule has 3 aromatic rings. The van der Waals surface area contributed by atoms with Crippen LogP contribution in [0.25, 0.3) is 22.3 Å². The molecule has 0 radical (unpaired) electrons. The molecule has 0 amide bonds. The molecular formula is C19H19F3N4O2. The summed E-state index contributed by atoms with van der Waals surface area (Å²) in [6.45, 7) is 3.74. The molecule has 0 aliphatic rings. The van der Waals surface area contributed by atoms with Gasteiger partial charge in [0.15, 0.2) is 5.65 Å². The number of hydrogen-bond donors (Lipinski definition) is 0. The number of rotatable bonds is 5. The molecule has 0 aromatic carbocycles. The number of aromatic nitrogens is 4. The lowest BCUT2D eigenvalue weighted by molar-refractivity contribution is -0.136. The molecule has 0 atom stereocenters. The number of fused-ring (bicyclic) bond motifs is 1. The van der Waals surface area contributed by atoms with Crippen molar-refractivity contribution in [1.29, 1.82) is 0 Å². The van der Waals surface area contributed by atoms with Gasteiger partial charge < -0.3 is 0 Å². The van der Waals surface area contributed by atoms with Crippen molar-refractivity contribution in [3.63, 3.8) is 0 Å². The van der Waals surface area contributed by atoms with Crippen molar-refractivity contribution in [2.75, 3.05) is 0 Å². The fourth-order valence-electron chi connectivity index (χ4n) is 3.14. The predicted molar refractivity (Wildman–Crippen MR) is 99.1 cm³/mol. The quantitative estimate of drug-likeness (QED) is 0.667. The largest absolute Gasteiger partial charge is 0.417 e. The van der Waals surface area contributed by atoms with Crippen molar-refractivity contribution in [2.45, 2.75) is 46.0 Å². The lowest BCUT2D eigenvalue weighted by atomic mass is 10.1. The SMILES string of the molecule is CCCn1c(=O)c2c(C(F)(F)F)cc(-c3ccncc3)nc2n(CCC)c1=O. The van der Waals surface area contributed by atoms with E-state index in [0.29, 0.717) is 18.4 Å². The van der Waals surface area contributed by atoms with Crippen LogP contribution in [0.15, 0.2) is 40.2 Å². The average molecular weight is 392 g/mol. The van der Waals surface area contributed by atoms with Gasteiger partial charge in [0.1, 0.15) is 0 Å². The lowest BCUT2D eigenvalue weighted by Crippen LogP contribution is -2.41. The first-order valence-corrected chi connectivity index (χ1v) is 8.95. The molecular weight excluding hydrogens is 373 g/mol. The molecule has 0 N–H and O–H groups in total. The maximum Gasteiger partial charge on any atom is 0.417 e. The Morgan fingerprint density at radius 3 is 2.18 bits per heavy atom. The molecule has 0 saturated carbocycles. The molecule has 0 fully saturated rings. The summed E-state index contributed by atoms with van der Waals surface area (Å²) < 4.78 is 43.6. The minimum Gasteiger partial charge on any atom is -0.277 e. The zero-order valence-electron chi connectivity index (χ0n) is 15.5. The van der Waals surface area contributed by atoms with Gasteiger partial charge in [-0.3, -0.25) is 18.9 Å². The van der Waals surface area contributed by atoms with E-state index in [9.17, 15) is 22.8 Å². The highest BCUT2D eigenvalue weighted by atomic mass is 19.4. The smallest absolute Gasteiger partial charge is 0.277 e. The molecule has 0 unspecified atom stereocenters. The topological polar surface area (TPSA) is 69.8 Å². The van der Waals surface area contributed by atoms with Crippen LogP contribution in [0.1, 0.15) is 32.3 Å². The number of pyridine rings is 2. The Morgan fingerprint density at radius 1 is 1.00 bits per heavy atom.